The lowest BCUT2D eigenvalue weighted by molar-refractivity contribution is 0.0151. The number of hydrogen-bond acceptors (Lipinski definition) is 4. The molecule has 0 aliphatic carbocycles. The van der Waals surface area contributed by atoms with E-state index in [9.17, 15) is 18.8 Å². The minimum Gasteiger partial charge on any atom is -0.423 e. The van der Waals surface area contributed by atoms with Crippen molar-refractivity contribution in [3.8, 4) is 0 Å². The molecule has 0 bridgehead atoms. The Morgan fingerprint density at radius 2 is 1.91 bits per heavy atom. The fourth-order valence-corrected chi connectivity index (χ4v) is 2.49. The van der Waals surface area contributed by atoms with E-state index in [-0.39, 0.29) is 18.4 Å². The number of rotatable bonds is 7. The molecule has 4 nitrogen and oxygen atoms in total. The van der Waals surface area contributed by atoms with Crippen LogP contribution >= 0.6 is 0 Å². The van der Waals surface area contributed by atoms with Crippen LogP contribution in [0.5, 0.6) is 0 Å². The molecular weight excluding hydrogens is 301 g/mol. The van der Waals surface area contributed by atoms with Crippen molar-refractivity contribution in [3.63, 3.8) is 0 Å². The highest BCUT2D eigenvalue weighted by Gasteiger charge is 2.26. The maximum Gasteiger partial charge on any atom is 0.492 e. The SMILES string of the molecule is CCCN(CCC(C)(F)F)c1nc2ccccc2cc1B(O)O. The number of hydrogen-bond donors (Lipinski definition) is 2. The molecule has 1 heterocycles. The van der Waals surface area contributed by atoms with E-state index < -0.39 is 13.0 Å². The summed E-state index contributed by atoms with van der Waals surface area (Å²) in [7, 11) is -1.71. The zero-order valence-corrected chi connectivity index (χ0v) is 13.3. The Bertz CT molecular complexity index is 662. The van der Waals surface area contributed by atoms with Crippen LogP contribution in [-0.2, 0) is 0 Å². The third-order valence-electron chi connectivity index (χ3n) is 3.62. The van der Waals surface area contributed by atoms with Gasteiger partial charge in [0.1, 0.15) is 5.82 Å². The second-order valence-corrected chi connectivity index (χ2v) is 5.77. The number of anilines is 1. The van der Waals surface area contributed by atoms with Gasteiger partial charge in [-0.05, 0) is 30.9 Å². The molecule has 124 valence electrons. The van der Waals surface area contributed by atoms with E-state index in [1.807, 2.05) is 31.2 Å². The second kappa shape index (κ2) is 7.23. The summed E-state index contributed by atoms with van der Waals surface area (Å²) in [5.74, 6) is -2.43. The van der Waals surface area contributed by atoms with Crippen molar-refractivity contribution in [3.05, 3.63) is 30.3 Å². The standard InChI is InChI=1S/C16H21BF2N2O2/c1-3-9-21(10-8-16(2,18)19)15-13(17(22)23)11-12-6-4-5-7-14(12)20-15/h4-7,11,22-23H,3,8-10H2,1-2H3. The number of nitrogens with zero attached hydrogens (tertiary/aromatic N) is 2. The van der Waals surface area contributed by atoms with Gasteiger partial charge in [-0.2, -0.15) is 0 Å². The van der Waals surface area contributed by atoms with Crippen molar-refractivity contribution in [2.45, 2.75) is 32.6 Å². The Morgan fingerprint density at radius 3 is 2.52 bits per heavy atom. The van der Waals surface area contributed by atoms with Crippen molar-refractivity contribution in [2.24, 2.45) is 0 Å². The van der Waals surface area contributed by atoms with Crippen molar-refractivity contribution >= 4 is 29.3 Å². The van der Waals surface area contributed by atoms with Crippen LogP contribution in [0.25, 0.3) is 10.9 Å². The minimum absolute atomic E-state index is 0.0996. The molecule has 0 amide bonds. The number of para-hydroxylation sites is 1. The highest BCUT2D eigenvalue weighted by molar-refractivity contribution is 6.60. The van der Waals surface area contributed by atoms with Gasteiger partial charge in [0.2, 0.25) is 5.92 Å². The average Bonchev–Trinajstić information content (AvgIpc) is 2.49. The highest BCUT2D eigenvalue weighted by Crippen LogP contribution is 2.21. The lowest BCUT2D eigenvalue weighted by Gasteiger charge is -2.27. The quantitative estimate of drug-likeness (QED) is 0.767. The van der Waals surface area contributed by atoms with Gasteiger partial charge in [0.25, 0.3) is 0 Å². The molecule has 7 heteroatoms. The van der Waals surface area contributed by atoms with E-state index in [2.05, 4.69) is 4.98 Å². The van der Waals surface area contributed by atoms with E-state index in [0.29, 0.717) is 17.9 Å². The molecule has 0 radical (unpaired) electrons. The normalized spacial score (nSPS) is 11.7. The van der Waals surface area contributed by atoms with Crippen molar-refractivity contribution < 1.29 is 18.8 Å². The first-order valence-corrected chi connectivity index (χ1v) is 7.70. The van der Waals surface area contributed by atoms with E-state index >= 15 is 0 Å². The first kappa shape index (κ1) is 17.6. The van der Waals surface area contributed by atoms with Crippen LogP contribution in [0, 0.1) is 0 Å². The van der Waals surface area contributed by atoms with E-state index in [1.165, 1.54) is 0 Å². The molecule has 0 fully saturated rings. The first-order valence-electron chi connectivity index (χ1n) is 7.70. The Hall–Kier alpha value is -1.73. The van der Waals surface area contributed by atoms with Gasteiger partial charge in [-0.1, -0.05) is 25.1 Å². The fraction of sp³-hybridized carbons (Fsp3) is 0.438. The molecule has 1 aromatic carbocycles. The predicted octanol–water partition coefficient (Wildman–Crippen LogP) is 2.18. The topological polar surface area (TPSA) is 56.6 Å². The Morgan fingerprint density at radius 1 is 1.22 bits per heavy atom. The van der Waals surface area contributed by atoms with Gasteiger partial charge in [-0.3, -0.25) is 0 Å². The molecular formula is C16H21BF2N2O2. The average molecular weight is 322 g/mol. The zero-order chi connectivity index (χ0) is 17.0. The Balaban J connectivity index is 2.45. The number of aromatic nitrogens is 1. The molecule has 2 aromatic rings. The van der Waals surface area contributed by atoms with Crippen molar-refractivity contribution in [1.82, 2.24) is 4.98 Å². The lowest BCUT2D eigenvalue weighted by Crippen LogP contribution is -2.40. The summed E-state index contributed by atoms with van der Waals surface area (Å²) >= 11 is 0. The summed E-state index contributed by atoms with van der Waals surface area (Å²) in [6.07, 6.45) is 0.424. The molecule has 23 heavy (non-hydrogen) atoms. The molecule has 2 N–H and O–H groups in total. The van der Waals surface area contributed by atoms with Crippen LogP contribution in [0.3, 0.4) is 0 Å². The van der Waals surface area contributed by atoms with Crippen LogP contribution in [0.1, 0.15) is 26.7 Å². The van der Waals surface area contributed by atoms with Crippen LogP contribution in [-0.4, -0.2) is 41.2 Å². The minimum atomic E-state index is -2.78. The largest absolute Gasteiger partial charge is 0.492 e. The summed E-state index contributed by atoms with van der Waals surface area (Å²) in [5.41, 5.74) is 0.924. The van der Waals surface area contributed by atoms with Crippen LogP contribution in [0.4, 0.5) is 14.6 Å². The monoisotopic (exact) mass is 322 g/mol. The summed E-state index contributed by atoms with van der Waals surface area (Å²) in [4.78, 5) is 6.17. The molecule has 0 atom stereocenters. The van der Waals surface area contributed by atoms with E-state index in [0.717, 1.165) is 18.7 Å². The van der Waals surface area contributed by atoms with Crippen molar-refractivity contribution in [2.75, 3.05) is 18.0 Å². The molecule has 1 aromatic heterocycles. The molecule has 0 spiro atoms. The number of pyridine rings is 1. The summed E-state index contributed by atoms with van der Waals surface area (Å²) in [5, 5.41) is 20.1. The number of alkyl halides is 2. The maximum atomic E-state index is 13.2. The smallest absolute Gasteiger partial charge is 0.423 e. The Labute approximate surface area is 134 Å². The van der Waals surface area contributed by atoms with Gasteiger partial charge in [0.05, 0.1) is 5.52 Å². The fourth-order valence-electron chi connectivity index (χ4n) is 2.49. The second-order valence-electron chi connectivity index (χ2n) is 5.77. The predicted molar refractivity (Wildman–Crippen MR) is 89.3 cm³/mol. The van der Waals surface area contributed by atoms with Gasteiger partial charge in [-0.25, -0.2) is 13.8 Å². The molecule has 0 aliphatic heterocycles. The number of benzene rings is 1. The first-order chi connectivity index (χ1) is 10.8. The van der Waals surface area contributed by atoms with Gasteiger partial charge in [0.15, 0.2) is 0 Å². The molecule has 0 aliphatic rings. The summed E-state index contributed by atoms with van der Waals surface area (Å²) in [6.45, 7) is 3.43. The summed E-state index contributed by atoms with van der Waals surface area (Å²) in [6, 6.07) is 8.94. The number of halogens is 2. The van der Waals surface area contributed by atoms with E-state index in [4.69, 9.17) is 0 Å². The summed E-state index contributed by atoms with van der Waals surface area (Å²) < 4.78 is 26.4. The highest BCUT2D eigenvalue weighted by atomic mass is 19.3. The van der Waals surface area contributed by atoms with Crippen LogP contribution in [0.15, 0.2) is 30.3 Å². The number of fused-ring (bicyclic) bond motifs is 1. The molecule has 0 saturated carbocycles. The Kier molecular flexibility index (Phi) is 5.54. The van der Waals surface area contributed by atoms with Gasteiger partial charge in [0, 0.05) is 25.0 Å². The van der Waals surface area contributed by atoms with Gasteiger partial charge < -0.3 is 14.9 Å². The molecule has 0 saturated heterocycles. The van der Waals surface area contributed by atoms with Gasteiger partial charge >= 0.3 is 7.12 Å². The third-order valence-corrected chi connectivity index (χ3v) is 3.62. The van der Waals surface area contributed by atoms with Crippen molar-refractivity contribution in [1.29, 1.82) is 0 Å². The lowest BCUT2D eigenvalue weighted by atomic mass is 9.79. The molecule has 0 unspecified atom stereocenters. The third kappa shape index (κ3) is 4.62. The van der Waals surface area contributed by atoms with Gasteiger partial charge in [-0.15, -0.1) is 0 Å². The van der Waals surface area contributed by atoms with Crippen LogP contribution < -0.4 is 10.4 Å². The van der Waals surface area contributed by atoms with E-state index in [1.54, 1.807) is 11.0 Å². The molecule has 2 rings (SSSR count). The van der Waals surface area contributed by atoms with Crippen LogP contribution in [0.2, 0.25) is 0 Å². The maximum absolute atomic E-state index is 13.2. The zero-order valence-electron chi connectivity index (χ0n) is 13.3.